The summed E-state index contributed by atoms with van der Waals surface area (Å²) in [5, 5.41) is 3.18. The number of halogens is 1. The van der Waals surface area contributed by atoms with Gasteiger partial charge < -0.3 is 19.5 Å². The van der Waals surface area contributed by atoms with Gasteiger partial charge in [0.25, 0.3) is 5.91 Å². The third kappa shape index (κ3) is 4.33. The smallest absolute Gasteiger partial charge is 0.289 e. The van der Waals surface area contributed by atoms with Crippen LogP contribution in [0.3, 0.4) is 0 Å². The topological polar surface area (TPSA) is 65.8 Å². The van der Waals surface area contributed by atoms with Gasteiger partial charge in [0.05, 0.1) is 6.54 Å². The molecular formula is C15H22BrN3O3. The molecule has 1 aromatic rings. The normalized spacial score (nSPS) is 15.9. The van der Waals surface area contributed by atoms with Crippen molar-refractivity contribution in [1.29, 1.82) is 0 Å². The molecule has 122 valence electrons. The Morgan fingerprint density at radius 1 is 1.41 bits per heavy atom. The predicted molar refractivity (Wildman–Crippen MR) is 86.6 cm³/mol. The van der Waals surface area contributed by atoms with Gasteiger partial charge in [-0.3, -0.25) is 9.59 Å². The molecule has 0 unspecified atom stereocenters. The lowest BCUT2D eigenvalue weighted by molar-refractivity contribution is -0.133. The molecule has 2 heterocycles. The van der Waals surface area contributed by atoms with E-state index in [0.717, 1.165) is 32.5 Å². The van der Waals surface area contributed by atoms with E-state index in [2.05, 4.69) is 21.2 Å². The third-order valence-corrected chi connectivity index (χ3v) is 4.39. The molecule has 0 aliphatic carbocycles. The van der Waals surface area contributed by atoms with Crippen molar-refractivity contribution in [3.05, 3.63) is 22.6 Å². The molecule has 0 atom stereocenters. The molecule has 22 heavy (non-hydrogen) atoms. The van der Waals surface area contributed by atoms with Gasteiger partial charge in [0.2, 0.25) is 5.91 Å². The molecule has 0 bridgehead atoms. The van der Waals surface area contributed by atoms with Crippen molar-refractivity contribution in [3.63, 3.8) is 0 Å². The van der Waals surface area contributed by atoms with Gasteiger partial charge in [0, 0.05) is 20.1 Å². The van der Waals surface area contributed by atoms with Crippen LogP contribution in [-0.4, -0.2) is 61.9 Å². The fourth-order valence-corrected chi connectivity index (χ4v) is 2.97. The second-order valence-corrected chi connectivity index (χ2v) is 6.43. The molecule has 7 heteroatoms. The molecule has 1 N–H and O–H groups in total. The van der Waals surface area contributed by atoms with Gasteiger partial charge in [0.1, 0.15) is 0 Å². The highest BCUT2D eigenvalue weighted by Crippen LogP contribution is 2.17. The largest absolute Gasteiger partial charge is 0.444 e. The summed E-state index contributed by atoms with van der Waals surface area (Å²) in [6.07, 6.45) is 2.02. The minimum atomic E-state index is -0.288. The Bertz CT molecular complexity index is 524. The van der Waals surface area contributed by atoms with Crippen molar-refractivity contribution in [2.45, 2.75) is 12.8 Å². The number of hydrogen-bond donors (Lipinski definition) is 1. The summed E-state index contributed by atoms with van der Waals surface area (Å²) >= 11 is 3.16. The van der Waals surface area contributed by atoms with Crippen LogP contribution < -0.4 is 5.32 Å². The first-order valence-electron chi connectivity index (χ1n) is 7.44. The lowest BCUT2D eigenvalue weighted by Crippen LogP contribution is -2.45. The Labute approximate surface area is 138 Å². The monoisotopic (exact) mass is 371 g/mol. The van der Waals surface area contributed by atoms with Crippen molar-refractivity contribution < 1.29 is 14.0 Å². The quantitative estimate of drug-likeness (QED) is 0.852. The molecular weight excluding hydrogens is 350 g/mol. The second-order valence-electron chi connectivity index (χ2n) is 5.65. The van der Waals surface area contributed by atoms with E-state index in [-0.39, 0.29) is 24.1 Å². The summed E-state index contributed by atoms with van der Waals surface area (Å²) in [6.45, 7) is 2.60. The van der Waals surface area contributed by atoms with Crippen LogP contribution in [0.5, 0.6) is 0 Å². The Kier molecular flexibility index (Phi) is 6.02. The van der Waals surface area contributed by atoms with Gasteiger partial charge in [0.15, 0.2) is 10.4 Å². The molecule has 1 aromatic heterocycles. The number of nitrogens with one attached hydrogen (secondary N) is 1. The SMILES string of the molecule is CNCC1CCN(C(=O)CN(C)C(=O)c2ccc(Br)o2)CC1. The highest BCUT2D eigenvalue weighted by atomic mass is 79.9. The van der Waals surface area contributed by atoms with E-state index in [1.54, 1.807) is 19.2 Å². The molecule has 0 aromatic carbocycles. The summed E-state index contributed by atoms with van der Waals surface area (Å²) in [6, 6.07) is 3.26. The van der Waals surface area contributed by atoms with E-state index < -0.39 is 0 Å². The van der Waals surface area contributed by atoms with Gasteiger partial charge in [-0.2, -0.15) is 0 Å². The number of piperidine rings is 1. The second kappa shape index (κ2) is 7.78. The first kappa shape index (κ1) is 17.0. The first-order valence-corrected chi connectivity index (χ1v) is 8.23. The van der Waals surface area contributed by atoms with Crippen LogP contribution in [0.1, 0.15) is 23.4 Å². The van der Waals surface area contributed by atoms with E-state index >= 15 is 0 Å². The minimum Gasteiger partial charge on any atom is -0.444 e. The van der Waals surface area contributed by atoms with E-state index in [1.807, 2.05) is 11.9 Å². The highest BCUT2D eigenvalue weighted by Gasteiger charge is 2.25. The van der Waals surface area contributed by atoms with Crippen molar-refractivity contribution in [2.75, 3.05) is 40.3 Å². The number of furan rings is 1. The molecule has 0 spiro atoms. The fourth-order valence-electron chi connectivity index (χ4n) is 2.67. The van der Waals surface area contributed by atoms with E-state index in [9.17, 15) is 9.59 Å². The van der Waals surface area contributed by atoms with Crippen LogP contribution in [0.2, 0.25) is 0 Å². The maximum Gasteiger partial charge on any atom is 0.289 e. The zero-order valence-corrected chi connectivity index (χ0v) is 14.6. The zero-order valence-electron chi connectivity index (χ0n) is 13.0. The average molecular weight is 372 g/mol. The Balaban J connectivity index is 1.83. The number of hydrogen-bond acceptors (Lipinski definition) is 4. The Morgan fingerprint density at radius 3 is 2.64 bits per heavy atom. The summed E-state index contributed by atoms with van der Waals surface area (Å²) in [7, 11) is 3.56. The molecule has 1 aliphatic heterocycles. The number of carbonyl (C=O) groups is 2. The standard InChI is InChI=1S/C15H22BrN3O3/c1-17-9-11-5-7-19(8-6-11)14(20)10-18(2)15(21)12-3-4-13(16)22-12/h3-4,11,17H,5-10H2,1-2H3. The van der Waals surface area contributed by atoms with Crippen LogP contribution in [0.25, 0.3) is 0 Å². The zero-order chi connectivity index (χ0) is 16.1. The number of rotatable bonds is 5. The molecule has 1 aliphatic rings. The first-order chi connectivity index (χ1) is 10.5. The van der Waals surface area contributed by atoms with Gasteiger partial charge >= 0.3 is 0 Å². The van der Waals surface area contributed by atoms with Crippen LogP contribution in [0.4, 0.5) is 0 Å². The number of likely N-dealkylation sites (N-methyl/N-ethyl adjacent to an activating group) is 1. The predicted octanol–water partition coefficient (Wildman–Crippen LogP) is 1.57. The number of carbonyl (C=O) groups excluding carboxylic acids is 2. The minimum absolute atomic E-state index is 0.00983. The number of amides is 2. The van der Waals surface area contributed by atoms with Crippen LogP contribution in [0.15, 0.2) is 21.2 Å². The molecule has 2 amide bonds. The molecule has 2 rings (SSSR count). The van der Waals surface area contributed by atoms with Crippen molar-refractivity contribution in [3.8, 4) is 0 Å². The molecule has 0 radical (unpaired) electrons. The van der Waals surface area contributed by atoms with Crippen molar-refractivity contribution >= 4 is 27.7 Å². The number of likely N-dealkylation sites (tertiary alicyclic amines) is 1. The van der Waals surface area contributed by atoms with Crippen molar-refractivity contribution in [2.24, 2.45) is 5.92 Å². The van der Waals surface area contributed by atoms with Gasteiger partial charge in [-0.15, -0.1) is 0 Å². The molecule has 1 saturated heterocycles. The van der Waals surface area contributed by atoms with Crippen molar-refractivity contribution in [1.82, 2.24) is 15.1 Å². The summed E-state index contributed by atoms with van der Waals surface area (Å²) in [4.78, 5) is 27.7. The molecule has 6 nitrogen and oxygen atoms in total. The van der Waals surface area contributed by atoms with E-state index in [0.29, 0.717) is 10.6 Å². The number of nitrogens with zero attached hydrogens (tertiary/aromatic N) is 2. The van der Waals surface area contributed by atoms with Gasteiger partial charge in [-0.05, 0) is 60.4 Å². The van der Waals surface area contributed by atoms with E-state index in [4.69, 9.17) is 4.42 Å². The van der Waals surface area contributed by atoms with Crippen LogP contribution >= 0.6 is 15.9 Å². The lowest BCUT2D eigenvalue weighted by Gasteiger charge is -2.32. The lowest BCUT2D eigenvalue weighted by atomic mass is 9.97. The maximum atomic E-state index is 12.3. The average Bonchev–Trinajstić information content (AvgIpc) is 2.94. The summed E-state index contributed by atoms with van der Waals surface area (Å²) < 4.78 is 5.73. The Morgan fingerprint density at radius 2 is 2.09 bits per heavy atom. The summed E-state index contributed by atoms with van der Waals surface area (Å²) in [5.41, 5.74) is 0. The van der Waals surface area contributed by atoms with Crippen LogP contribution in [0, 0.1) is 5.92 Å². The molecule has 1 fully saturated rings. The van der Waals surface area contributed by atoms with E-state index in [1.165, 1.54) is 4.90 Å². The Hall–Kier alpha value is -1.34. The van der Waals surface area contributed by atoms with Gasteiger partial charge in [-0.1, -0.05) is 0 Å². The highest BCUT2D eigenvalue weighted by molar-refractivity contribution is 9.10. The fraction of sp³-hybridized carbons (Fsp3) is 0.600. The third-order valence-electron chi connectivity index (χ3n) is 3.96. The molecule has 0 saturated carbocycles. The van der Waals surface area contributed by atoms with Gasteiger partial charge in [-0.25, -0.2) is 0 Å². The van der Waals surface area contributed by atoms with Crippen LogP contribution in [-0.2, 0) is 4.79 Å². The maximum absolute atomic E-state index is 12.3. The summed E-state index contributed by atoms with van der Waals surface area (Å²) in [5.74, 6) is 0.567.